The molecular weight excluding hydrogens is 763 g/mol. The fourth-order valence-corrected chi connectivity index (χ4v) is 7.70. The Morgan fingerprint density at radius 3 is 1.72 bits per heavy atom. The van der Waals surface area contributed by atoms with E-state index in [1.807, 2.05) is 24.3 Å². The predicted octanol–water partition coefficient (Wildman–Crippen LogP) is 8.05. The fraction of sp³-hybridized carbons (Fsp3) is 0.204. The zero-order chi connectivity index (χ0) is 42.9. The Bertz CT molecular complexity index is 2520. The molecular formula is C49H43NO10. The van der Waals surface area contributed by atoms with Crippen molar-refractivity contribution in [3.63, 3.8) is 0 Å². The van der Waals surface area contributed by atoms with Crippen molar-refractivity contribution < 1.29 is 48.1 Å². The lowest BCUT2D eigenvalue weighted by molar-refractivity contribution is -0.116. The maximum absolute atomic E-state index is 13.5. The topological polar surface area (TPSA) is 184 Å². The van der Waals surface area contributed by atoms with Gasteiger partial charge in [0.15, 0.2) is 23.1 Å². The highest BCUT2D eigenvalue weighted by Gasteiger charge is 2.44. The van der Waals surface area contributed by atoms with E-state index in [0.29, 0.717) is 58.4 Å². The SMILES string of the molecule is COc1ccc(C2C3=C(CCCC3=O)CC3=C2C(=O)c2ccccc2C3=O)cc1.COc1ccc(C=O)cc1.NC1=CC(=O)CCC1.O=C1C=C(O)c2ccccc2C1=O. The van der Waals surface area contributed by atoms with Crippen LogP contribution in [0.2, 0.25) is 0 Å². The van der Waals surface area contributed by atoms with E-state index in [-0.39, 0.29) is 34.5 Å². The van der Waals surface area contributed by atoms with Crippen LogP contribution in [0.15, 0.2) is 137 Å². The molecule has 1 atom stereocenters. The summed E-state index contributed by atoms with van der Waals surface area (Å²) in [7, 11) is 3.19. The van der Waals surface area contributed by atoms with Crippen molar-refractivity contribution in [2.45, 2.75) is 50.9 Å². The first-order valence-corrected chi connectivity index (χ1v) is 19.4. The highest BCUT2D eigenvalue weighted by Crippen LogP contribution is 2.49. The van der Waals surface area contributed by atoms with Crippen LogP contribution in [0.5, 0.6) is 11.5 Å². The van der Waals surface area contributed by atoms with Gasteiger partial charge in [0, 0.05) is 75.1 Å². The molecule has 0 bridgehead atoms. The molecule has 60 heavy (non-hydrogen) atoms. The van der Waals surface area contributed by atoms with Crippen molar-refractivity contribution in [2.24, 2.45) is 5.73 Å². The Kier molecular flexibility index (Phi) is 13.4. The number of aliphatic hydroxyl groups is 1. The van der Waals surface area contributed by atoms with Gasteiger partial charge in [-0.1, -0.05) is 66.2 Å². The average Bonchev–Trinajstić information content (AvgIpc) is 3.27. The number of aldehydes is 1. The second-order valence-electron chi connectivity index (χ2n) is 14.5. The van der Waals surface area contributed by atoms with Crippen LogP contribution in [0.1, 0.15) is 103 Å². The number of carbonyl (C=O) groups excluding carboxylic acids is 7. The maximum Gasteiger partial charge on any atom is 0.233 e. The lowest BCUT2D eigenvalue weighted by atomic mass is 9.65. The monoisotopic (exact) mass is 805 g/mol. The molecule has 4 aromatic rings. The molecule has 4 aromatic carbocycles. The maximum atomic E-state index is 13.5. The summed E-state index contributed by atoms with van der Waals surface area (Å²) in [5.41, 5.74) is 12.0. The standard InChI is InChI=1S/C25H20O4.C10H6O3.C8H8O2.C6H9NO/c1-29-16-11-9-14(10-12-16)22-21-15(5-4-8-20(21)26)13-19-23(22)25(28)18-7-3-2-6-17(18)24(19)27;11-8-5-9(12)10(13)7-4-2-1-3-6(7)8;1-10-8-4-2-7(6-9)3-5-8;7-5-2-1-3-6(8)4-5/h2-3,6-7,9-12,22H,4-5,8,13H2,1H3;1-5,11H;2-6H,1H3;4H,1-3,7H2. The summed E-state index contributed by atoms with van der Waals surface area (Å²) < 4.78 is 10.2. The first-order valence-electron chi connectivity index (χ1n) is 19.4. The van der Waals surface area contributed by atoms with Crippen LogP contribution < -0.4 is 15.2 Å². The Labute approximate surface area is 346 Å². The lowest BCUT2D eigenvalue weighted by Gasteiger charge is -2.36. The largest absolute Gasteiger partial charge is 0.507 e. The first-order chi connectivity index (χ1) is 28.9. The molecule has 11 heteroatoms. The molecule has 304 valence electrons. The number of methoxy groups -OCH3 is 2. The van der Waals surface area contributed by atoms with E-state index in [1.165, 1.54) is 12.1 Å². The summed E-state index contributed by atoms with van der Waals surface area (Å²) in [4.78, 5) is 82.7. The molecule has 0 saturated heterocycles. The van der Waals surface area contributed by atoms with Crippen molar-refractivity contribution in [2.75, 3.05) is 14.2 Å². The Hall–Kier alpha value is -7.27. The molecule has 9 rings (SSSR count). The Morgan fingerprint density at radius 2 is 1.17 bits per heavy atom. The molecule has 0 saturated carbocycles. The molecule has 0 amide bonds. The average molecular weight is 806 g/mol. The molecule has 0 aliphatic heterocycles. The number of carbonyl (C=O) groups is 7. The number of rotatable bonds is 4. The smallest absolute Gasteiger partial charge is 0.233 e. The predicted molar refractivity (Wildman–Crippen MR) is 224 cm³/mol. The van der Waals surface area contributed by atoms with Crippen LogP contribution in [0, 0.1) is 0 Å². The van der Waals surface area contributed by atoms with E-state index >= 15 is 0 Å². The summed E-state index contributed by atoms with van der Waals surface area (Å²) in [5.74, 6) is -0.335. The second kappa shape index (κ2) is 19.0. The molecule has 0 aromatic heterocycles. The van der Waals surface area contributed by atoms with Crippen LogP contribution in [-0.2, 0) is 14.4 Å². The molecule has 0 heterocycles. The number of hydrogen-bond acceptors (Lipinski definition) is 11. The third kappa shape index (κ3) is 9.21. The minimum Gasteiger partial charge on any atom is -0.507 e. The summed E-state index contributed by atoms with van der Waals surface area (Å²) >= 11 is 0. The zero-order valence-corrected chi connectivity index (χ0v) is 33.2. The van der Waals surface area contributed by atoms with Gasteiger partial charge in [-0.3, -0.25) is 33.6 Å². The minimum absolute atomic E-state index is 0.0849. The van der Waals surface area contributed by atoms with Gasteiger partial charge in [-0.15, -0.1) is 0 Å². The normalized spacial score (nSPS) is 17.7. The number of hydrogen-bond donors (Lipinski definition) is 2. The summed E-state index contributed by atoms with van der Waals surface area (Å²) in [5, 5.41) is 9.34. The van der Waals surface area contributed by atoms with Crippen molar-refractivity contribution in [3.05, 3.63) is 171 Å². The number of ether oxygens (including phenoxy) is 2. The number of allylic oxidation sites excluding steroid dienone is 7. The van der Waals surface area contributed by atoms with Gasteiger partial charge in [0.25, 0.3) is 0 Å². The van der Waals surface area contributed by atoms with Gasteiger partial charge in [-0.25, -0.2) is 0 Å². The van der Waals surface area contributed by atoms with Gasteiger partial charge >= 0.3 is 0 Å². The molecule has 0 fully saturated rings. The lowest BCUT2D eigenvalue weighted by Crippen LogP contribution is -2.33. The highest BCUT2D eigenvalue weighted by molar-refractivity contribution is 6.50. The van der Waals surface area contributed by atoms with Crippen molar-refractivity contribution >= 4 is 46.7 Å². The highest BCUT2D eigenvalue weighted by atomic mass is 16.5. The minimum atomic E-state index is -0.670. The van der Waals surface area contributed by atoms with E-state index in [4.69, 9.17) is 15.2 Å². The third-order valence-corrected chi connectivity index (χ3v) is 10.7. The van der Waals surface area contributed by atoms with Crippen LogP contribution in [0.3, 0.4) is 0 Å². The van der Waals surface area contributed by atoms with E-state index in [9.17, 15) is 38.7 Å². The number of benzene rings is 4. The number of ketones is 6. The zero-order valence-electron chi connectivity index (χ0n) is 33.2. The van der Waals surface area contributed by atoms with E-state index in [1.54, 1.807) is 80.9 Å². The van der Waals surface area contributed by atoms with Crippen molar-refractivity contribution in [1.82, 2.24) is 0 Å². The van der Waals surface area contributed by atoms with Crippen LogP contribution in [-0.4, -0.2) is 60.3 Å². The van der Waals surface area contributed by atoms with Crippen LogP contribution in [0.25, 0.3) is 5.76 Å². The Balaban J connectivity index is 0.000000159. The molecule has 0 spiro atoms. The molecule has 3 N–H and O–H groups in total. The first kappa shape index (κ1) is 42.3. The van der Waals surface area contributed by atoms with Gasteiger partial charge in [-0.2, -0.15) is 0 Å². The summed E-state index contributed by atoms with van der Waals surface area (Å²) in [6, 6.07) is 27.9. The number of Topliss-reactive ketones (excluding diaryl/α,β-unsaturated/α-hetero) is 4. The molecule has 11 nitrogen and oxygen atoms in total. The van der Waals surface area contributed by atoms with Crippen molar-refractivity contribution in [1.29, 1.82) is 0 Å². The number of aliphatic hydroxyl groups excluding tert-OH is 1. The Morgan fingerprint density at radius 1 is 0.617 bits per heavy atom. The van der Waals surface area contributed by atoms with Gasteiger partial charge in [-0.05, 0) is 80.1 Å². The summed E-state index contributed by atoms with van der Waals surface area (Å²) in [6.45, 7) is 0. The van der Waals surface area contributed by atoms with Gasteiger partial charge in [0.05, 0.1) is 14.2 Å². The van der Waals surface area contributed by atoms with Gasteiger partial charge in [0.1, 0.15) is 23.5 Å². The van der Waals surface area contributed by atoms with E-state index < -0.39 is 17.5 Å². The van der Waals surface area contributed by atoms with Gasteiger partial charge < -0.3 is 20.3 Å². The molecule has 5 aliphatic carbocycles. The molecule has 1 unspecified atom stereocenters. The molecule has 5 aliphatic rings. The molecule has 0 radical (unpaired) electrons. The second-order valence-corrected chi connectivity index (χ2v) is 14.5. The van der Waals surface area contributed by atoms with Gasteiger partial charge in [0.2, 0.25) is 11.6 Å². The van der Waals surface area contributed by atoms with E-state index in [0.717, 1.165) is 66.2 Å². The quantitative estimate of drug-likeness (QED) is 0.150. The van der Waals surface area contributed by atoms with Crippen molar-refractivity contribution in [3.8, 4) is 11.5 Å². The van der Waals surface area contributed by atoms with E-state index in [2.05, 4.69) is 0 Å². The fourth-order valence-electron chi connectivity index (χ4n) is 7.70. The van der Waals surface area contributed by atoms with Crippen LogP contribution in [0.4, 0.5) is 0 Å². The number of fused-ring (bicyclic) bond motifs is 2. The number of nitrogens with two attached hydrogens (primary N) is 1. The summed E-state index contributed by atoms with van der Waals surface area (Å²) in [6.07, 6.45) is 8.29. The van der Waals surface area contributed by atoms with Crippen LogP contribution >= 0.6 is 0 Å². The third-order valence-electron chi connectivity index (χ3n) is 10.7.